The van der Waals surface area contributed by atoms with Gasteiger partial charge in [0.1, 0.15) is 0 Å². The summed E-state index contributed by atoms with van der Waals surface area (Å²) in [5.74, 6) is 1.17. The van der Waals surface area contributed by atoms with Gasteiger partial charge in [0.25, 0.3) is 0 Å². The molecule has 88 valence electrons. The van der Waals surface area contributed by atoms with E-state index in [-0.39, 0.29) is 6.04 Å². The Hall–Kier alpha value is -1.61. The molecule has 3 unspecified atom stereocenters. The van der Waals surface area contributed by atoms with Crippen molar-refractivity contribution in [1.29, 1.82) is 0 Å². The van der Waals surface area contributed by atoms with Crippen LogP contribution in [0.15, 0.2) is 42.9 Å². The highest BCUT2D eigenvalue weighted by atomic mass is 15.0. The number of hydrogen-bond donors (Lipinski definition) is 1. The summed E-state index contributed by atoms with van der Waals surface area (Å²) >= 11 is 0. The van der Waals surface area contributed by atoms with Gasteiger partial charge >= 0.3 is 0 Å². The zero-order valence-corrected chi connectivity index (χ0v) is 9.95. The largest absolute Gasteiger partial charge is 0.340 e. The Labute approximate surface area is 101 Å². The van der Waals surface area contributed by atoms with Crippen molar-refractivity contribution < 1.29 is 0 Å². The van der Waals surface area contributed by atoms with Crippen LogP contribution in [-0.4, -0.2) is 9.55 Å². The van der Waals surface area contributed by atoms with Gasteiger partial charge in [-0.1, -0.05) is 30.3 Å². The maximum atomic E-state index is 6.27. The van der Waals surface area contributed by atoms with E-state index >= 15 is 0 Å². The Morgan fingerprint density at radius 2 is 2.12 bits per heavy atom. The first-order chi connectivity index (χ1) is 8.25. The Bertz CT molecular complexity index is 503. The number of aryl methyl sites for hydroxylation is 1. The first kappa shape index (κ1) is 10.5. The quantitative estimate of drug-likeness (QED) is 0.873. The molecular formula is C14H17N3. The summed E-state index contributed by atoms with van der Waals surface area (Å²) in [7, 11) is 1.98. The summed E-state index contributed by atoms with van der Waals surface area (Å²) in [5.41, 5.74) is 8.68. The number of nitrogens with zero attached hydrogens (tertiary/aromatic N) is 2. The van der Waals surface area contributed by atoms with Gasteiger partial charge < -0.3 is 10.3 Å². The fourth-order valence-corrected chi connectivity index (χ4v) is 2.52. The van der Waals surface area contributed by atoms with Crippen molar-refractivity contribution in [3.63, 3.8) is 0 Å². The molecule has 0 saturated heterocycles. The second kappa shape index (κ2) is 4.00. The topological polar surface area (TPSA) is 43.8 Å². The second-order valence-electron chi connectivity index (χ2n) is 4.91. The van der Waals surface area contributed by atoms with Gasteiger partial charge in [-0.2, -0.15) is 0 Å². The molecule has 2 N–H and O–H groups in total. The van der Waals surface area contributed by atoms with Crippen molar-refractivity contribution in [3.05, 3.63) is 54.1 Å². The van der Waals surface area contributed by atoms with E-state index in [1.54, 1.807) is 0 Å². The number of rotatable bonds is 3. The van der Waals surface area contributed by atoms with Crippen molar-refractivity contribution in [2.75, 3.05) is 0 Å². The van der Waals surface area contributed by atoms with Crippen molar-refractivity contribution in [2.45, 2.75) is 18.4 Å². The zero-order chi connectivity index (χ0) is 11.8. The monoisotopic (exact) mass is 227 g/mol. The number of imidazole rings is 1. The molecule has 3 nitrogen and oxygen atoms in total. The molecule has 3 rings (SSSR count). The molecule has 0 bridgehead atoms. The fourth-order valence-electron chi connectivity index (χ4n) is 2.52. The third-order valence-electron chi connectivity index (χ3n) is 3.60. The van der Waals surface area contributed by atoms with Gasteiger partial charge in [0, 0.05) is 13.2 Å². The standard InChI is InChI=1S/C14H17N3/c1-17-8-13(16-9-17)14(15)12-7-11(12)10-5-3-2-4-6-10/h2-6,8-9,11-12,14H,7,15H2,1H3. The van der Waals surface area contributed by atoms with E-state index in [0.717, 1.165) is 5.69 Å². The SMILES string of the molecule is Cn1cnc(C(N)C2CC2c2ccccc2)c1. The molecule has 3 atom stereocenters. The second-order valence-corrected chi connectivity index (χ2v) is 4.91. The van der Waals surface area contributed by atoms with Gasteiger partial charge in [0.2, 0.25) is 0 Å². The van der Waals surface area contributed by atoms with Crippen molar-refractivity contribution in [2.24, 2.45) is 18.7 Å². The van der Waals surface area contributed by atoms with E-state index in [9.17, 15) is 0 Å². The molecule has 0 amide bonds. The van der Waals surface area contributed by atoms with Crippen LogP contribution in [0.25, 0.3) is 0 Å². The summed E-state index contributed by atoms with van der Waals surface area (Å²) in [5, 5.41) is 0. The highest BCUT2D eigenvalue weighted by Crippen LogP contribution is 2.52. The molecule has 0 spiro atoms. The Kier molecular flexibility index (Phi) is 2.48. The predicted octanol–water partition coefficient (Wildman–Crippen LogP) is 2.22. The fraction of sp³-hybridized carbons (Fsp3) is 0.357. The first-order valence-corrected chi connectivity index (χ1v) is 6.04. The van der Waals surface area contributed by atoms with Crippen LogP contribution in [0.3, 0.4) is 0 Å². The summed E-state index contributed by atoms with van der Waals surface area (Å²) in [6, 6.07) is 10.7. The minimum atomic E-state index is 0.0707. The summed E-state index contributed by atoms with van der Waals surface area (Å²) in [4.78, 5) is 4.34. The van der Waals surface area contributed by atoms with Crippen LogP contribution >= 0.6 is 0 Å². The molecule has 3 heteroatoms. The molecule has 1 fully saturated rings. The minimum absolute atomic E-state index is 0.0707. The number of aromatic nitrogens is 2. The maximum Gasteiger partial charge on any atom is 0.0947 e. The normalized spacial score (nSPS) is 24.6. The van der Waals surface area contributed by atoms with Gasteiger partial charge in [-0.25, -0.2) is 4.98 Å². The first-order valence-electron chi connectivity index (χ1n) is 6.04. The smallest absolute Gasteiger partial charge is 0.0947 e. The van der Waals surface area contributed by atoms with Gasteiger partial charge in [-0.05, 0) is 23.8 Å². The van der Waals surface area contributed by atoms with E-state index in [1.165, 1.54) is 12.0 Å². The number of benzene rings is 1. The van der Waals surface area contributed by atoms with Gasteiger partial charge in [-0.3, -0.25) is 0 Å². The van der Waals surface area contributed by atoms with Crippen LogP contribution in [0.5, 0.6) is 0 Å². The van der Waals surface area contributed by atoms with Crippen LogP contribution < -0.4 is 5.73 Å². The van der Waals surface area contributed by atoms with Crippen LogP contribution in [0.4, 0.5) is 0 Å². The van der Waals surface area contributed by atoms with Crippen LogP contribution in [0.2, 0.25) is 0 Å². The summed E-state index contributed by atoms with van der Waals surface area (Å²) in [6.07, 6.45) is 5.02. The average molecular weight is 227 g/mol. The molecule has 1 aromatic carbocycles. The molecule has 0 aliphatic heterocycles. The predicted molar refractivity (Wildman–Crippen MR) is 67.4 cm³/mol. The van der Waals surface area contributed by atoms with E-state index in [2.05, 4.69) is 35.3 Å². The highest BCUT2D eigenvalue weighted by Gasteiger charge is 2.43. The van der Waals surface area contributed by atoms with Crippen molar-refractivity contribution >= 4 is 0 Å². The lowest BCUT2D eigenvalue weighted by Gasteiger charge is -2.08. The molecule has 17 heavy (non-hydrogen) atoms. The lowest BCUT2D eigenvalue weighted by molar-refractivity contribution is 0.601. The molecule has 1 aliphatic carbocycles. The number of nitrogens with two attached hydrogens (primary N) is 1. The Balaban J connectivity index is 1.73. The zero-order valence-electron chi connectivity index (χ0n) is 9.95. The number of hydrogen-bond acceptors (Lipinski definition) is 2. The third kappa shape index (κ3) is 1.98. The van der Waals surface area contributed by atoms with Gasteiger partial charge in [-0.15, -0.1) is 0 Å². The molecular weight excluding hydrogens is 210 g/mol. The van der Waals surface area contributed by atoms with Crippen LogP contribution in [0.1, 0.15) is 29.6 Å². The minimum Gasteiger partial charge on any atom is -0.340 e. The van der Waals surface area contributed by atoms with Gasteiger partial charge in [0.15, 0.2) is 0 Å². The van der Waals surface area contributed by atoms with E-state index in [1.807, 2.05) is 24.1 Å². The summed E-state index contributed by atoms with van der Waals surface area (Å²) in [6.45, 7) is 0. The van der Waals surface area contributed by atoms with Crippen LogP contribution in [0, 0.1) is 5.92 Å². The lowest BCUT2D eigenvalue weighted by Crippen LogP contribution is -2.13. The average Bonchev–Trinajstić information content (AvgIpc) is 3.05. The molecule has 1 aromatic heterocycles. The molecule has 2 aromatic rings. The van der Waals surface area contributed by atoms with E-state index in [4.69, 9.17) is 5.73 Å². The van der Waals surface area contributed by atoms with E-state index < -0.39 is 0 Å². The van der Waals surface area contributed by atoms with Crippen molar-refractivity contribution in [1.82, 2.24) is 9.55 Å². The van der Waals surface area contributed by atoms with E-state index in [0.29, 0.717) is 11.8 Å². The molecule has 1 heterocycles. The molecule has 1 saturated carbocycles. The summed E-state index contributed by atoms with van der Waals surface area (Å²) < 4.78 is 1.95. The lowest BCUT2D eigenvalue weighted by atomic mass is 10.0. The van der Waals surface area contributed by atoms with Gasteiger partial charge in [0.05, 0.1) is 18.1 Å². The Morgan fingerprint density at radius 3 is 2.76 bits per heavy atom. The van der Waals surface area contributed by atoms with Crippen LogP contribution in [-0.2, 0) is 7.05 Å². The molecule has 0 radical (unpaired) electrons. The highest BCUT2D eigenvalue weighted by molar-refractivity contribution is 5.28. The van der Waals surface area contributed by atoms with Crippen molar-refractivity contribution in [3.8, 4) is 0 Å². The third-order valence-corrected chi connectivity index (χ3v) is 3.60. The Morgan fingerprint density at radius 1 is 1.35 bits per heavy atom. The maximum absolute atomic E-state index is 6.27. The molecule has 1 aliphatic rings.